The summed E-state index contributed by atoms with van der Waals surface area (Å²) in [5.74, 6) is -0.612. The Morgan fingerprint density at radius 2 is 0.596 bits per heavy atom. The number of hydrogen-bond donors (Lipinski definition) is 1. The lowest BCUT2D eigenvalue weighted by Gasteiger charge is -2.18. The highest BCUT2D eigenvalue weighted by atomic mass is 16.5. The second-order valence-electron chi connectivity index (χ2n) is 16.7. The van der Waals surface area contributed by atoms with Crippen molar-refractivity contribution in [1.29, 1.82) is 0 Å². The Balaban J connectivity index is 3.51. The van der Waals surface area contributed by atoms with E-state index >= 15 is 0 Å². The average Bonchev–Trinajstić information content (AvgIpc) is 3.13. The van der Waals surface area contributed by atoms with Gasteiger partial charge in [-0.1, -0.05) is 245 Å². The van der Waals surface area contributed by atoms with Crippen molar-refractivity contribution in [1.82, 2.24) is 0 Å². The van der Waals surface area contributed by atoms with Crippen molar-refractivity contribution in [3.63, 3.8) is 0 Å². The van der Waals surface area contributed by atoms with Crippen LogP contribution in [0.25, 0.3) is 0 Å². The number of unbranched alkanes of at least 4 members (excludes halogenated alkanes) is 36. The van der Waals surface area contributed by atoms with Crippen LogP contribution in [0, 0.1) is 0 Å². The van der Waals surface area contributed by atoms with Crippen LogP contribution >= 0.6 is 0 Å². The van der Waals surface area contributed by atoms with Crippen LogP contribution in [0.2, 0.25) is 0 Å². The molecule has 0 saturated carbocycles. The SMILES string of the molecule is CCCCCCCCCCCCCCCCCCCCCCCC(=O)OC(CCCC)CCCCCCCCCCCCCCCCCCC(=O)O. The topological polar surface area (TPSA) is 63.6 Å². The Morgan fingerprint density at radius 1 is 0.346 bits per heavy atom. The van der Waals surface area contributed by atoms with Crippen LogP contribution in [0.3, 0.4) is 0 Å². The van der Waals surface area contributed by atoms with Crippen molar-refractivity contribution in [2.24, 2.45) is 0 Å². The van der Waals surface area contributed by atoms with Gasteiger partial charge < -0.3 is 9.84 Å². The molecule has 0 aliphatic carbocycles. The third kappa shape index (κ3) is 43.3. The summed E-state index contributed by atoms with van der Waals surface area (Å²) in [5, 5.41) is 8.68. The highest BCUT2D eigenvalue weighted by molar-refractivity contribution is 5.69. The minimum Gasteiger partial charge on any atom is -0.481 e. The number of rotatable bonds is 45. The van der Waals surface area contributed by atoms with Gasteiger partial charge in [-0.25, -0.2) is 0 Å². The van der Waals surface area contributed by atoms with E-state index in [1.807, 2.05) is 0 Å². The molecule has 0 fully saturated rings. The zero-order chi connectivity index (χ0) is 37.8. The van der Waals surface area contributed by atoms with E-state index in [9.17, 15) is 9.59 Å². The monoisotopic (exact) mass is 735 g/mol. The van der Waals surface area contributed by atoms with Gasteiger partial charge in [-0.05, 0) is 32.1 Å². The fourth-order valence-electron chi connectivity index (χ4n) is 7.76. The van der Waals surface area contributed by atoms with Crippen LogP contribution in [0.5, 0.6) is 0 Å². The van der Waals surface area contributed by atoms with Gasteiger partial charge in [0.25, 0.3) is 0 Å². The van der Waals surface area contributed by atoms with Crippen molar-refractivity contribution in [3.05, 3.63) is 0 Å². The van der Waals surface area contributed by atoms with Crippen LogP contribution in [0.4, 0.5) is 0 Å². The van der Waals surface area contributed by atoms with Gasteiger partial charge in [-0.2, -0.15) is 0 Å². The summed E-state index contributed by atoms with van der Waals surface area (Å²) >= 11 is 0. The van der Waals surface area contributed by atoms with Crippen LogP contribution in [-0.2, 0) is 14.3 Å². The van der Waals surface area contributed by atoms with Crippen molar-refractivity contribution >= 4 is 11.9 Å². The molecule has 0 rings (SSSR count). The minimum atomic E-state index is -0.661. The Bertz CT molecular complexity index is 706. The number of hydrogen-bond acceptors (Lipinski definition) is 3. The van der Waals surface area contributed by atoms with Gasteiger partial charge in [0.15, 0.2) is 0 Å². The van der Waals surface area contributed by atoms with E-state index < -0.39 is 5.97 Å². The Labute approximate surface area is 326 Å². The van der Waals surface area contributed by atoms with E-state index in [2.05, 4.69) is 13.8 Å². The molecule has 4 nitrogen and oxygen atoms in total. The molecule has 0 heterocycles. The highest BCUT2D eigenvalue weighted by Gasteiger charge is 2.14. The summed E-state index contributed by atoms with van der Waals surface area (Å²) in [6.07, 6.45) is 55.0. The molecule has 52 heavy (non-hydrogen) atoms. The predicted octanol–water partition coefficient (Wildman–Crippen LogP) is 16.8. The smallest absolute Gasteiger partial charge is 0.306 e. The highest BCUT2D eigenvalue weighted by Crippen LogP contribution is 2.19. The summed E-state index contributed by atoms with van der Waals surface area (Å²) in [5.41, 5.74) is 0. The molecular weight excluding hydrogens is 641 g/mol. The molecule has 1 N–H and O–H groups in total. The van der Waals surface area contributed by atoms with E-state index in [0.717, 1.165) is 38.5 Å². The molecule has 0 aromatic heterocycles. The molecular formula is C48H94O4. The fraction of sp³-hybridized carbons (Fsp3) is 0.958. The van der Waals surface area contributed by atoms with E-state index in [4.69, 9.17) is 9.84 Å². The maximum Gasteiger partial charge on any atom is 0.306 e. The van der Waals surface area contributed by atoms with Gasteiger partial charge in [0.05, 0.1) is 0 Å². The fourth-order valence-corrected chi connectivity index (χ4v) is 7.76. The lowest BCUT2D eigenvalue weighted by atomic mass is 10.0. The number of aliphatic carboxylic acids is 1. The van der Waals surface area contributed by atoms with Gasteiger partial charge in [0.2, 0.25) is 0 Å². The first kappa shape index (κ1) is 50.9. The zero-order valence-electron chi connectivity index (χ0n) is 35.7. The maximum atomic E-state index is 12.6. The van der Waals surface area contributed by atoms with Crippen LogP contribution in [-0.4, -0.2) is 23.1 Å². The van der Waals surface area contributed by atoms with E-state index in [-0.39, 0.29) is 12.1 Å². The Morgan fingerprint density at radius 3 is 0.904 bits per heavy atom. The first-order valence-electron chi connectivity index (χ1n) is 24.0. The molecule has 1 atom stereocenters. The third-order valence-corrected chi connectivity index (χ3v) is 11.3. The molecule has 0 aromatic rings. The predicted molar refractivity (Wildman–Crippen MR) is 227 cm³/mol. The largest absolute Gasteiger partial charge is 0.481 e. The molecule has 0 amide bonds. The number of ether oxygens (including phenoxy) is 1. The molecule has 0 aliphatic rings. The lowest BCUT2D eigenvalue weighted by Crippen LogP contribution is -2.18. The summed E-state index contributed by atoms with van der Waals surface area (Å²) in [7, 11) is 0. The summed E-state index contributed by atoms with van der Waals surface area (Å²) in [6, 6.07) is 0. The minimum absolute atomic E-state index is 0.0480. The number of carboxylic acids is 1. The molecule has 0 spiro atoms. The number of carbonyl (C=O) groups is 2. The quantitative estimate of drug-likeness (QED) is 0.0500. The van der Waals surface area contributed by atoms with Crippen molar-refractivity contribution in [2.75, 3.05) is 0 Å². The molecule has 0 bridgehead atoms. The van der Waals surface area contributed by atoms with Gasteiger partial charge in [0.1, 0.15) is 6.10 Å². The third-order valence-electron chi connectivity index (χ3n) is 11.3. The maximum absolute atomic E-state index is 12.6. The molecule has 1 unspecified atom stereocenters. The van der Waals surface area contributed by atoms with E-state index in [1.165, 1.54) is 225 Å². The van der Waals surface area contributed by atoms with Gasteiger partial charge in [0, 0.05) is 12.8 Å². The summed E-state index contributed by atoms with van der Waals surface area (Å²) in [6.45, 7) is 4.53. The first-order valence-corrected chi connectivity index (χ1v) is 24.0. The zero-order valence-corrected chi connectivity index (χ0v) is 35.7. The van der Waals surface area contributed by atoms with Gasteiger partial charge in [-0.3, -0.25) is 9.59 Å². The van der Waals surface area contributed by atoms with Crippen molar-refractivity contribution < 1.29 is 19.4 Å². The van der Waals surface area contributed by atoms with Crippen molar-refractivity contribution in [2.45, 2.75) is 296 Å². The van der Waals surface area contributed by atoms with Crippen LogP contribution < -0.4 is 0 Å². The number of esters is 1. The second kappa shape index (κ2) is 44.3. The Kier molecular flexibility index (Phi) is 43.4. The molecule has 0 aromatic carbocycles. The average molecular weight is 735 g/mol. The molecule has 0 aliphatic heterocycles. The van der Waals surface area contributed by atoms with Crippen LogP contribution in [0.15, 0.2) is 0 Å². The number of carbonyl (C=O) groups excluding carboxylic acids is 1. The summed E-state index contributed by atoms with van der Waals surface area (Å²) < 4.78 is 5.97. The molecule has 0 radical (unpaired) electrons. The van der Waals surface area contributed by atoms with Crippen molar-refractivity contribution in [3.8, 4) is 0 Å². The second-order valence-corrected chi connectivity index (χ2v) is 16.7. The lowest BCUT2D eigenvalue weighted by molar-refractivity contribution is -0.150. The van der Waals surface area contributed by atoms with E-state index in [1.54, 1.807) is 0 Å². The normalized spacial score (nSPS) is 12.0. The standard InChI is InChI=1S/C48H94O4/c1-3-5-7-8-9-10-11-12-13-14-15-16-17-18-23-26-29-32-35-38-41-45-48(51)52-46(42-6-4-2)43-39-36-33-30-27-24-21-19-20-22-25-28-31-34-37-40-44-47(49)50/h46H,3-45H2,1-2H3,(H,49,50). The van der Waals surface area contributed by atoms with E-state index in [0.29, 0.717) is 12.8 Å². The number of carboxylic acid groups (broad SMARTS) is 1. The van der Waals surface area contributed by atoms with Gasteiger partial charge >= 0.3 is 11.9 Å². The molecule has 0 saturated heterocycles. The molecule has 4 heteroatoms. The summed E-state index contributed by atoms with van der Waals surface area (Å²) in [4.78, 5) is 23.1. The first-order chi connectivity index (χ1) is 25.6. The van der Waals surface area contributed by atoms with Gasteiger partial charge in [-0.15, -0.1) is 0 Å². The Hall–Kier alpha value is -1.06. The van der Waals surface area contributed by atoms with Crippen LogP contribution in [0.1, 0.15) is 290 Å². The molecule has 310 valence electrons.